The number of aromatic nitrogens is 1. The Balaban J connectivity index is 1.36. The van der Waals surface area contributed by atoms with Crippen LogP contribution in [-0.2, 0) is 6.54 Å². The molecule has 208 valence electrons. The van der Waals surface area contributed by atoms with Gasteiger partial charge in [0.25, 0.3) is 0 Å². The predicted octanol–water partition coefficient (Wildman–Crippen LogP) is 5.85. The zero-order valence-electron chi connectivity index (χ0n) is 22.4. The standard InChI is InChI=1S/C31H31ClF2N4O2/c1-40-28-18-21(20-35-11-2-3-12-35)4-9-26(28)38-13-10-27(39)24-19-25(34)31(29(32)30(24)38)37-16-14-36(15-17-37)23-7-5-22(33)6-8-23/h4-10,13,18-19H,2-3,11-12,14-17,20H2,1H3. The minimum atomic E-state index is -0.532. The number of hydrogen-bond donors (Lipinski definition) is 0. The van der Waals surface area contributed by atoms with Gasteiger partial charge in [0.1, 0.15) is 17.4 Å². The Hall–Kier alpha value is -3.62. The summed E-state index contributed by atoms with van der Waals surface area (Å²) >= 11 is 6.97. The fourth-order valence-corrected chi connectivity index (χ4v) is 6.28. The summed E-state index contributed by atoms with van der Waals surface area (Å²) in [6.07, 6.45) is 4.11. The molecule has 0 radical (unpaired) electrons. The second-order valence-electron chi connectivity index (χ2n) is 10.4. The largest absolute Gasteiger partial charge is 0.495 e. The number of piperazine rings is 1. The summed E-state index contributed by atoms with van der Waals surface area (Å²) < 4.78 is 36.5. The quantitative estimate of drug-likeness (QED) is 0.294. The first-order valence-electron chi connectivity index (χ1n) is 13.6. The number of ether oxygens (including phenoxy) is 1. The Labute approximate surface area is 236 Å². The molecular formula is C31H31ClF2N4O2. The summed E-state index contributed by atoms with van der Waals surface area (Å²) in [6.45, 7) is 5.31. The average Bonchev–Trinajstić information content (AvgIpc) is 3.48. The molecule has 0 bridgehead atoms. The van der Waals surface area contributed by atoms with Crippen molar-refractivity contribution in [2.45, 2.75) is 19.4 Å². The summed E-state index contributed by atoms with van der Waals surface area (Å²) in [4.78, 5) is 19.3. The van der Waals surface area contributed by atoms with Crippen LogP contribution in [0.3, 0.4) is 0 Å². The van der Waals surface area contributed by atoms with Gasteiger partial charge in [-0.2, -0.15) is 0 Å². The molecule has 2 fully saturated rings. The molecule has 0 amide bonds. The third-order valence-corrected chi connectivity index (χ3v) is 8.30. The number of hydrogen-bond acceptors (Lipinski definition) is 5. The highest BCUT2D eigenvalue weighted by Gasteiger charge is 2.26. The molecule has 40 heavy (non-hydrogen) atoms. The topological polar surface area (TPSA) is 41.0 Å². The van der Waals surface area contributed by atoms with E-state index in [2.05, 4.69) is 15.9 Å². The van der Waals surface area contributed by atoms with E-state index in [-0.39, 0.29) is 27.3 Å². The van der Waals surface area contributed by atoms with E-state index in [1.165, 1.54) is 37.1 Å². The van der Waals surface area contributed by atoms with Crippen LogP contribution in [0, 0.1) is 11.6 Å². The number of pyridine rings is 1. The molecular weight excluding hydrogens is 534 g/mol. The second-order valence-corrected chi connectivity index (χ2v) is 10.8. The van der Waals surface area contributed by atoms with Gasteiger partial charge in [-0.25, -0.2) is 8.78 Å². The number of methoxy groups -OCH3 is 1. The Morgan fingerprint density at radius 3 is 2.27 bits per heavy atom. The zero-order valence-corrected chi connectivity index (χ0v) is 23.1. The van der Waals surface area contributed by atoms with E-state index in [9.17, 15) is 9.18 Å². The van der Waals surface area contributed by atoms with Gasteiger partial charge in [-0.1, -0.05) is 17.7 Å². The number of anilines is 2. The second kappa shape index (κ2) is 11.1. The molecule has 4 aromatic rings. The van der Waals surface area contributed by atoms with Crippen molar-refractivity contribution in [3.63, 3.8) is 0 Å². The van der Waals surface area contributed by atoms with E-state index in [1.54, 1.807) is 25.4 Å². The van der Waals surface area contributed by atoms with E-state index < -0.39 is 5.82 Å². The van der Waals surface area contributed by atoms with E-state index in [0.717, 1.165) is 36.6 Å². The smallest absolute Gasteiger partial charge is 0.189 e. The van der Waals surface area contributed by atoms with Crippen molar-refractivity contribution in [2.24, 2.45) is 0 Å². The van der Waals surface area contributed by atoms with Crippen LogP contribution in [-0.4, -0.2) is 55.8 Å². The normalized spacial score (nSPS) is 16.2. The molecule has 0 atom stereocenters. The number of rotatable bonds is 6. The lowest BCUT2D eigenvalue weighted by atomic mass is 10.1. The summed E-state index contributed by atoms with van der Waals surface area (Å²) in [7, 11) is 1.62. The van der Waals surface area contributed by atoms with Crippen molar-refractivity contribution in [1.82, 2.24) is 9.47 Å². The van der Waals surface area contributed by atoms with Crippen LogP contribution in [0.15, 0.2) is 65.6 Å². The van der Waals surface area contributed by atoms with Crippen molar-refractivity contribution in [3.8, 4) is 11.4 Å². The lowest BCUT2D eigenvalue weighted by molar-refractivity contribution is 0.330. The molecule has 6 nitrogen and oxygen atoms in total. The first-order valence-corrected chi connectivity index (χ1v) is 14.0. The van der Waals surface area contributed by atoms with Gasteiger partial charge >= 0.3 is 0 Å². The van der Waals surface area contributed by atoms with Crippen LogP contribution in [0.25, 0.3) is 16.6 Å². The third-order valence-electron chi connectivity index (χ3n) is 7.95. The number of likely N-dealkylation sites (tertiary alicyclic amines) is 1. The molecule has 2 saturated heterocycles. The van der Waals surface area contributed by atoms with Crippen molar-refractivity contribution in [2.75, 3.05) is 56.2 Å². The Morgan fingerprint density at radius 1 is 0.875 bits per heavy atom. The van der Waals surface area contributed by atoms with Gasteiger partial charge in [0.2, 0.25) is 0 Å². The molecule has 0 saturated carbocycles. The monoisotopic (exact) mass is 564 g/mol. The molecule has 2 aliphatic rings. The Bertz CT molecular complexity index is 1590. The SMILES string of the molecule is COc1cc(CN2CCCC2)ccc1-n1ccc(=O)c2cc(F)c(N3CCN(c4ccc(F)cc4)CC3)c(Cl)c21. The van der Waals surface area contributed by atoms with Gasteiger partial charge in [0.05, 0.1) is 34.4 Å². The molecule has 2 aliphatic heterocycles. The minimum Gasteiger partial charge on any atom is -0.495 e. The summed E-state index contributed by atoms with van der Waals surface area (Å²) in [5.41, 5.74) is 3.20. The molecule has 3 aromatic carbocycles. The van der Waals surface area contributed by atoms with Gasteiger partial charge in [0, 0.05) is 50.7 Å². The lowest BCUT2D eigenvalue weighted by Crippen LogP contribution is -2.47. The van der Waals surface area contributed by atoms with Crippen LogP contribution in [0.5, 0.6) is 5.75 Å². The summed E-state index contributed by atoms with van der Waals surface area (Å²) in [5, 5.41) is 0.396. The van der Waals surface area contributed by atoms with Crippen LogP contribution in [0.2, 0.25) is 5.02 Å². The van der Waals surface area contributed by atoms with Gasteiger partial charge in [0.15, 0.2) is 5.43 Å². The van der Waals surface area contributed by atoms with Gasteiger partial charge < -0.3 is 19.1 Å². The first-order chi connectivity index (χ1) is 19.4. The van der Waals surface area contributed by atoms with Crippen LogP contribution in [0.4, 0.5) is 20.2 Å². The van der Waals surface area contributed by atoms with E-state index in [4.69, 9.17) is 16.3 Å². The molecule has 1 aromatic heterocycles. The van der Waals surface area contributed by atoms with E-state index in [0.29, 0.717) is 37.4 Å². The summed E-state index contributed by atoms with van der Waals surface area (Å²) in [6, 6.07) is 15.1. The maximum Gasteiger partial charge on any atom is 0.189 e. The van der Waals surface area contributed by atoms with Crippen LogP contribution in [0.1, 0.15) is 18.4 Å². The highest BCUT2D eigenvalue weighted by atomic mass is 35.5. The predicted molar refractivity (Wildman–Crippen MR) is 156 cm³/mol. The molecule has 0 spiro atoms. The Kier molecular flexibility index (Phi) is 7.38. The zero-order chi connectivity index (χ0) is 27.8. The van der Waals surface area contributed by atoms with Crippen LogP contribution >= 0.6 is 11.6 Å². The number of fused-ring (bicyclic) bond motifs is 1. The maximum absolute atomic E-state index is 15.6. The molecule has 0 aliphatic carbocycles. The van der Waals surface area contributed by atoms with Gasteiger partial charge in [-0.3, -0.25) is 9.69 Å². The number of nitrogens with zero attached hydrogens (tertiary/aromatic N) is 4. The highest BCUT2D eigenvalue weighted by molar-refractivity contribution is 6.38. The fraction of sp³-hybridized carbons (Fsp3) is 0.323. The molecule has 6 rings (SSSR count). The van der Waals surface area contributed by atoms with Gasteiger partial charge in [-0.15, -0.1) is 0 Å². The molecule has 9 heteroatoms. The van der Waals surface area contributed by atoms with E-state index >= 15 is 4.39 Å². The highest BCUT2D eigenvalue weighted by Crippen LogP contribution is 2.38. The minimum absolute atomic E-state index is 0.186. The number of benzene rings is 3. The van der Waals surface area contributed by atoms with Crippen molar-refractivity contribution in [1.29, 1.82) is 0 Å². The maximum atomic E-state index is 15.6. The lowest BCUT2D eigenvalue weighted by Gasteiger charge is -2.38. The molecule has 0 N–H and O–H groups in total. The molecule has 3 heterocycles. The average molecular weight is 565 g/mol. The molecule has 0 unspecified atom stereocenters. The van der Waals surface area contributed by atoms with Crippen molar-refractivity contribution < 1.29 is 13.5 Å². The first kappa shape index (κ1) is 26.6. The third kappa shape index (κ3) is 5.02. The number of halogens is 3. The van der Waals surface area contributed by atoms with Gasteiger partial charge in [-0.05, 0) is 74.0 Å². The Morgan fingerprint density at radius 2 is 1.57 bits per heavy atom. The van der Waals surface area contributed by atoms with Crippen LogP contribution < -0.4 is 20.0 Å². The van der Waals surface area contributed by atoms with Crippen molar-refractivity contribution in [3.05, 3.63) is 93.2 Å². The van der Waals surface area contributed by atoms with Crippen molar-refractivity contribution >= 4 is 33.9 Å². The fourth-order valence-electron chi connectivity index (χ4n) is 5.88. The van der Waals surface area contributed by atoms with E-state index in [1.807, 2.05) is 21.6 Å². The summed E-state index contributed by atoms with van der Waals surface area (Å²) in [5.74, 6) is -0.164.